The van der Waals surface area contributed by atoms with Crippen LogP contribution in [0.15, 0.2) is 66.9 Å². The van der Waals surface area contributed by atoms with Crippen molar-refractivity contribution in [1.82, 2.24) is 4.98 Å². The minimum absolute atomic E-state index is 0.134. The molecule has 0 bridgehead atoms. The maximum absolute atomic E-state index is 12.5. The molecule has 2 amide bonds. The molecular formula is C23H22N4O2. The number of aromatic nitrogens is 1. The van der Waals surface area contributed by atoms with E-state index in [2.05, 4.69) is 44.8 Å². The van der Waals surface area contributed by atoms with Crippen molar-refractivity contribution in [2.24, 2.45) is 0 Å². The van der Waals surface area contributed by atoms with Gasteiger partial charge in [0, 0.05) is 37.6 Å². The van der Waals surface area contributed by atoms with Gasteiger partial charge >= 0.3 is 0 Å². The fraction of sp³-hybridized carbons (Fsp3) is 0.174. The standard InChI is InChI=1S/C23H22N4O2/c1-16(28)25-20-7-9-21(10-8-20)26-23(29)18-6-11-22(24-14-18)27-13-12-17-4-2-3-5-19(17)15-27/h2-11,14H,12-13,15H2,1H3,(H,25,28)(H,26,29). The van der Waals surface area contributed by atoms with Gasteiger partial charge in [-0.3, -0.25) is 9.59 Å². The van der Waals surface area contributed by atoms with Crippen LogP contribution in [0.3, 0.4) is 0 Å². The van der Waals surface area contributed by atoms with E-state index in [1.54, 1.807) is 36.5 Å². The van der Waals surface area contributed by atoms with Crippen molar-refractivity contribution in [1.29, 1.82) is 0 Å². The lowest BCUT2D eigenvalue weighted by Gasteiger charge is -2.29. The lowest BCUT2D eigenvalue weighted by atomic mass is 10.00. The lowest BCUT2D eigenvalue weighted by Crippen LogP contribution is -2.31. The number of pyridine rings is 1. The van der Waals surface area contributed by atoms with Gasteiger partial charge in [0.05, 0.1) is 5.56 Å². The highest BCUT2D eigenvalue weighted by molar-refractivity contribution is 6.04. The molecule has 0 aliphatic carbocycles. The fourth-order valence-corrected chi connectivity index (χ4v) is 3.44. The Kier molecular flexibility index (Phi) is 5.24. The number of benzene rings is 2. The summed E-state index contributed by atoms with van der Waals surface area (Å²) in [7, 11) is 0. The molecular weight excluding hydrogens is 364 g/mol. The van der Waals surface area contributed by atoms with Crippen molar-refractivity contribution in [2.75, 3.05) is 22.1 Å². The molecule has 1 aliphatic heterocycles. The molecule has 3 aromatic rings. The summed E-state index contributed by atoms with van der Waals surface area (Å²) in [6.07, 6.45) is 2.60. The Labute approximate surface area is 169 Å². The predicted octanol–water partition coefficient (Wildman–Crippen LogP) is 3.86. The molecule has 1 aliphatic rings. The summed E-state index contributed by atoms with van der Waals surface area (Å²) in [5.41, 5.74) is 4.55. The SMILES string of the molecule is CC(=O)Nc1ccc(NC(=O)c2ccc(N3CCc4ccccc4C3)nc2)cc1. The van der Waals surface area contributed by atoms with E-state index in [1.807, 2.05) is 6.07 Å². The highest BCUT2D eigenvalue weighted by atomic mass is 16.2. The largest absolute Gasteiger partial charge is 0.352 e. The van der Waals surface area contributed by atoms with Gasteiger partial charge in [0.1, 0.15) is 5.82 Å². The van der Waals surface area contributed by atoms with Crippen molar-refractivity contribution in [3.8, 4) is 0 Å². The van der Waals surface area contributed by atoms with E-state index < -0.39 is 0 Å². The third-order valence-electron chi connectivity index (χ3n) is 4.93. The van der Waals surface area contributed by atoms with Gasteiger partial charge in [-0.25, -0.2) is 4.98 Å². The number of anilines is 3. The number of hydrogen-bond donors (Lipinski definition) is 2. The summed E-state index contributed by atoms with van der Waals surface area (Å²) in [4.78, 5) is 30.3. The van der Waals surface area contributed by atoms with Gasteiger partial charge in [0.2, 0.25) is 5.91 Å². The summed E-state index contributed by atoms with van der Waals surface area (Å²) in [6.45, 7) is 3.20. The Balaban J connectivity index is 1.40. The molecule has 0 unspecified atom stereocenters. The monoisotopic (exact) mass is 386 g/mol. The van der Waals surface area contributed by atoms with Gasteiger partial charge in [0.25, 0.3) is 5.91 Å². The normalized spacial score (nSPS) is 12.8. The molecule has 0 spiro atoms. The first-order chi connectivity index (χ1) is 14.1. The summed E-state index contributed by atoms with van der Waals surface area (Å²) < 4.78 is 0. The number of carbonyl (C=O) groups excluding carboxylic acids is 2. The number of hydrogen-bond acceptors (Lipinski definition) is 4. The molecule has 0 saturated carbocycles. The van der Waals surface area contributed by atoms with Crippen LogP contribution in [0, 0.1) is 0 Å². The molecule has 29 heavy (non-hydrogen) atoms. The van der Waals surface area contributed by atoms with E-state index in [1.165, 1.54) is 18.1 Å². The first-order valence-electron chi connectivity index (χ1n) is 9.55. The highest BCUT2D eigenvalue weighted by Gasteiger charge is 2.17. The maximum atomic E-state index is 12.5. The van der Waals surface area contributed by atoms with E-state index in [0.717, 1.165) is 25.3 Å². The zero-order chi connectivity index (χ0) is 20.2. The van der Waals surface area contributed by atoms with Crippen LogP contribution in [0.1, 0.15) is 28.4 Å². The molecule has 2 N–H and O–H groups in total. The van der Waals surface area contributed by atoms with Gasteiger partial charge in [0.15, 0.2) is 0 Å². The van der Waals surface area contributed by atoms with E-state index in [9.17, 15) is 9.59 Å². The zero-order valence-corrected chi connectivity index (χ0v) is 16.2. The lowest BCUT2D eigenvalue weighted by molar-refractivity contribution is -0.114. The molecule has 0 atom stereocenters. The van der Waals surface area contributed by atoms with E-state index in [-0.39, 0.29) is 11.8 Å². The van der Waals surface area contributed by atoms with Crippen LogP contribution in [0.4, 0.5) is 17.2 Å². The fourth-order valence-electron chi connectivity index (χ4n) is 3.44. The Morgan fingerprint density at radius 1 is 0.897 bits per heavy atom. The summed E-state index contributed by atoms with van der Waals surface area (Å²) in [5, 5.41) is 5.54. The molecule has 4 rings (SSSR count). The molecule has 1 aromatic heterocycles. The molecule has 0 saturated heterocycles. The number of rotatable bonds is 4. The van der Waals surface area contributed by atoms with Gasteiger partial charge in [-0.05, 0) is 53.9 Å². The number of fused-ring (bicyclic) bond motifs is 1. The second-order valence-corrected chi connectivity index (χ2v) is 7.06. The molecule has 146 valence electrons. The maximum Gasteiger partial charge on any atom is 0.257 e. The van der Waals surface area contributed by atoms with E-state index in [4.69, 9.17) is 0 Å². The first-order valence-corrected chi connectivity index (χ1v) is 9.55. The second kappa shape index (κ2) is 8.14. The van der Waals surface area contributed by atoms with E-state index >= 15 is 0 Å². The van der Waals surface area contributed by atoms with Crippen molar-refractivity contribution in [3.05, 3.63) is 83.6 Å². The molecule has 6 nitrogen and oxygen atoms in total. The van der Waals surface area contributed by atoms with Crippen LogP contribution in [0.25, 0.3) is 0 Å². The van der Waals surface area contributed by atoms with Crippen LogP contribution in [-0.2, 0) is 17.8 Å². The minimum Gasteiger partial charge on any atom is -0.352 e. The number of amides is 2. The van der Waals surface area contributed by atoms with Crippen LogP contribution < -0.4 is 15.5 Å². The average molecular weight is 386 g/mol. The zero-order valence-electron chi connectivity index (χ0n) is 16.2. The molecule has 0 fully saturated rings. The predicted molar refractivity (Wildman–Crippen MR) is 114 cm³/mol. The summed E-state index contributed by atoms with van der Waals surface area (Å²) >= 11 is 0. The Morgan fingerprint density at radius 3 is 2.24 bits per heavy atom. The van der Waals surface area contributed by atoms with Gasteiger partial charge < -0.3 is 15.5 Å². The summed E-state index contributed by atoms with van der Waals surface area (Å²) in [6, 6.07) is 19.1. The molecule has 0 radical (unpaired) electrons. The van der Waals surface area contributed by atoms with Crippen molar-refractivity contribution in [3.63, 3.8) is 0 Å². The highest BCUT2D eigenvalue weighted by Crippen LogP contribution is 2.23. The van der Waals surface area contributed by atoms with Gasteiger partial charge in [-0.15, -0.1) is 0 Å². The van der Waals surface area contributed by atoms with Crippen LogP contribution in [-0.4, -0.2) is 23.3 Å². The first kappa shape index (κ1) is 18.7. The van der Waals surface area contributed by atoms with Crippen LogP contribution in [0.5, 0.6) is 0 Å². The van der Waals surface area contributed by atoms with Crippen LogP contribution >= 0.6 is 0 Å². The van der Waals surface area contributed by atoms with Gasteiger partial charge in [-0.1, -0.05) is 24.3 Å². The third-order valence-corrected chi connectivity index (χ3v) is 4.93. The van der Waals surface area contributed by atoms with Crippen molar-refractivity contribution in [2.45, 2.75) is 19.9 Å². The minimum atomic E-state index is -0.222. The topological polar surface area (TPSA) is 74.3 Å². The van der Waals surface area contributed by atoms with Crippen molar-refractivity contribution >= 4 is 29.0 Å². The average Bonchev–Trinajstić information content (AvgIpc) is 2.74. The number of nitrogens with one attached hydrogen (secondary N) is 2. The Hall–Kier alpha value is -3.67. The van der Waals surface area contributed by atoms with Crippen molar-refractivity contribution < 1.29 is 9.59 Å². The van der Waals surface area contributed by atoms with E-state index in [0.29, 0.717) is 16.9 Å². The quantitative estimate of drug-likeness (QED) is 0.714. The summed E-state index contributed by atoms with van der Waals surface area (Å²) in [5.74, 6) is 0.515. The number of nitrogens with zero attached hydrogens (tertiary/aromatic N) is 2. The molecule has 2 aromatic carbocycles. The van der Waals surface area contributed by atoms with Crippen LogP contribution in [0.2, 0.25) is 0 Å². The van der Waals surface area contributed by atoms with Gasteiger partial charge in [-0.2, -0.15) is 0 Å². The molecule has 2 heterocycles. The number of carbonyl (C=O) groups is 2. The smallest absolute Gasteiger partial charge is 0.257 e. The molecule has 6 heteroatoms. The Bertz CT molecular complexity index is 1030. The third kappa shape index (κ3) is 4.43. The Morgan fingerprint density at radius 2 is 1.59 bits per heavy atom. The second-order valence-electron chi connectivity index (χ2n) is 7.06.